The fourth-order valence-electron chi connectivity index (χ4n) is 4.96. The Labute approximate surface area is 211 Å². The van der Waals surface area contributed by atoms with Gasteiger partial charge in [0.2, 0.25) is 0 Å². The minimum atomic E-state index is 0. The Kier molecular flexibility index (Phi) is 10.5. The first-order valence-corrected chi connectivity index (χ1v) is 12.3. The van der Waals surface area contributed by atoms with Crippen molar-refractivity contribution in [2.45, 2.75) is 77.3 Å². The lowest BCUT2D eigenvalue weighted by Gasteiger charge is -2.37. The minimum Gasteiger partial charge on any atom is -0.375 e. The summed E-state index contributed by atoms with van der Waals surface area (Å²) in [5, 5.41) is 3.48. The Balaban J connectivity index is 0.00000289. The highest BCUT2D eigenvalue weighted by atomic mass is 127. The summed E-state index contributed by atoms with van der Waals surface area (Å²) in [5.41, 5.74) is 2.66. The third kappa shape index (κ3) is 7.05. The molecule has 4 rings (SSSR count). The number of hydrogen-bond acceptors (Lipinski definition) is 4. The quantitative estimate of drug-likeness (QED) is 0.326. The van der Waals surface area contributed by atoms with Crippen LogP contribution in [-0.2, 0) is 22.6 Å². The maximum absolute atomic E-state index is 6.01. The van der Waals surface area contributed by atoms with Crippen LogP contribution in [0.25, 0.3) is 0 Å². The van der Waals surface area contributed by atoms with E-state index in [-0.39, 0.29) is 36.2 Å². The topological polar surface area (TPSA) is 49.3 Å². The first kappa shape index (κ1) is 25.7. The van der Waals surface area contributed by atoms with Crippen molar-refractivity contribution in [1.29, 1.82) is 0 Å². The summed E-state index contributed by atoms with van der Waals surface area (Å²) in [6, 6.07) is 9.74. The molecule has 0 spiro atoms. The van der Waals surface area contributed by atoms with Gasteiger partial charge in [0.25, 0.3) is 0 Å². The molecule has 3 aliphatic rings. The zero-order valence-corrected chi connectivity index (χ0v) is 22.1. The molecular weight excluding hydrogens is 515 g/mol. The number of nitrogens with one attached hydrogen (secondary N) is 1. The monoisotopic (exact) mass is 556 g/mol. The second-order valence-corrected chi connectivity index (χ2v) is 9.21. The van der Waals surface area contributed by atoms with E-state index in [9.17, 15) is 0 Å². The van der Waals surface area contributed by atoms with E-state index >= 15 is 0 Å². The van der Waals surface area contributed by atoms with Crippen LogP contribution < -0.4 is 5.32 Å². The number of nitrogens with zero attached hydrogens (tertiary/aromatic N) is 3. The van der Waals surface area contributed by atoms with Crippen molar-refractivity contribution in [2.24, 2.45) is 4.99 Å². The molecule has 6 nitrogen and oxygen atoms in total. The second-order valence-electron chi connectivity index (χ2n) is 9.21. The lowest BCUT2D eigenvalue weighted by Crippen LogP contribution is -2.53. The molecule has 0 radical (unpaired) electrons. The Bertz CT molecular complexity index is 708. The van der Waals surface area contributed by atoms with Crippen LogP contribution in [0.15, 0.2) is 29.3 Å². The van der Waals surface area contributed by atoms with Crippen LogP contribution in [0.1, 0.15) is 57.1 Å². The molecule has 0 aliphatic carbocycles. The molecule has 3 aliphatic heterocycles. The summed E-state index contributed by atoms with van der Waals surface area (Å²) in [6.07, 6.45) is 6.67. The van der Waals surface area contributed by atoms with Crippen molar-refractivity contribution in [1.82, 2.24) is 15.1 Å². The average molecular weight is 557 g/mol. The molecule has 1 N–H and O–H groups in total. The maximum atomic E-state index is 6.01. The predicted molar refractivity (Wildman–Crippen MR) is 141 cm³/mol. The summed E-state index contributed by atoms with van der Waals surface area (Å²) in [7, 11) is 0. The van der Waals surface area contributed by atoms with Gasteiger partial charge in [0.05, 0.1) is 19.3 Å². The number of morpholine rings is 1. The highest BCUT2D eigenvalue weighted by molar-refractivity contribution is 14.0. The number of ether oxygens (including phenoxy) is 2. The van der Waals surface area contributed by atoms with Gasteiger partial charge in [0.1, 0.15) is 6.10 Å². The Morgan fingerprint density at radius 1 is 1.00 bits per heavy atom. The largest absolute Gasteiger partial charge is 0.375 e. The molecule has 0 bridgehead atoms. The van der Waals surface area contributed by atoms with Crippen molar-refractivity contribution < 1.29 is 9.47 Å². The molecule has 1 aromatic carbocycles. The summed E-state index contributed by atoms with van der Waals surface area (Å²) < 4.78 is 11.9. The van der Waals surface area contributed by atoms with Crippen molar-refractivity contribution >= 4 is 29.9 Å². The number of hydrogen-bond donors (Lipinski definition) is 1. The zero-order chi connectivity index (χ0) is 21.5. The Morgan fingerprint density at radius 3 is 2.50 bits per heavy atom. The molecule has 3 saturated heterocycles. The van der Waals surface area contributed by atoms with E-state index in [2.05, 4.69) is 53.2 Å². The number of aliphatic imine (C=N–C) groups is 1. The van der Waals surface area contributed by atoms with Gasteiger partial charge >= 0.3 is 0 Å². The number of piperidine rings is 1. The molecule has 32 heavy (non-hydrogen) atoms. The molecule has 0 amide bonds. The molecule has 180 valence electrons. The second kappa shape index (κ2) is 13.1. The predicted octanol–water partition coefficient (Wildman–Crippen LogP) is 4.02. The van der Waals surface area contributed by atoms with E-state index in [0.717, 1.165) is 58.2 Å². The van der Waals surface area contributed by atoms with Gasteiger partial charge in [0, 0.05) is 38.8 Å². The molecule has 3 atom stereocenters. The van der Waals surface area contributed by atoms with E-state index in [1.807, 2.05) is 0 Å². The number of likely N-dealkylation sites (tertiary alicyclic amines) is 1. The van der Waals surface area contributed by atoms with Crippen LogP contribution in [0.3, 0.4) is 0 Å². The lowest BCUT2D eigenvalue weighted by atomic mass is 10.0. The van der Waals surface area contributed by atoms with Crippen LogP contribution in [-0.4, -0.2) is 73.4 Å². The fourth-order valence-corrected chi connectivity index (χ4v) is 4.96. The molecule has 0 saturated carbocycles. The van der Waals surface area contributed by atoms with Crippen molar-refractivity contribution in [3.8, 4) is 0 Å². The fraction of sp³-hybridized carbons (Fsp3) is 0.720. The maximum Gasteiger partial charge on any atom is 0.194 e. The highest BCUT2D eigenvalue weighted by Crippen LogP contribution is 2.22. The van der Waals surface area contributed by atoms with Gasteiger partial charge in [-0.15, -0.1) is 24.0 Å². The summed E-state index contributed by atoms with van der Waals surface area (Å²) in [5.74, 6) is 0.986. The molecule has 1 aromatic rings. The number of rotatable bonds is 6. The number of halogens is 1. The van der Waals surface area contributed by atoms with E-state index in [1.165, 1.54) is 36.9 Å². The van der Waals surface area contributed by atoms with Gasteiger partial charge in [-0.25, -0.2) is 4.99 Å². The molecule has 0 aromatic heterocycles. The number of guanidine groups is 1. The molecule has 3 unspecified atom stereocenters. The average Bonchev–Trinajstić information content (AvgIpc) is 3.34. The minimum absolute atomic E-state index is 0. The zero-order valence-electron chi connectivity index (χ0n) is 19.8. The third-order valence-electron chi connectivity index (χ3n) is 6.87. The molecule has 3 fully saturated rings. The van der Waals surface area contributed by atoms with Crippen molar-refractivity contribution in [2.75, 3.05) is 39.4 Å². The van der Waals surface area contributed by atoms with E-state index < -0.39 is 0 Å². The van der Waals surface area contributed by atoms with E-state index in [0.29, 0.717) is 12.6 Å². The van der Waals surface area contributed by atoms with Gasteiger partial charge in [-0.3, -0.25) is 4.90 Å². The van der Waals surface area contributed by atoms with Gasteiger partial charge < -0.3 is 19.7 Å². The SMILES string of the molecule is CCNC(=NCc1ccc(CN2CCCCC2C)cc1)N1CCOC(C2CCCO2)C1.I. The van der Waals surface area contributed by atoms with Crippen molar-refractivity contribution in [3.63, 3.8) is 0 Å². The molecular formula is C25H41IN4O2. The smallest absolute Gasteiger partial charge is 0.194 e. The first-order chi connectivity index (χ1) is 15.2. The van der Waals surface area contributed by atoms with Gasteiger partial charge in [-0.1, -0.05) is 30.7 Å². The van der Waals surface area contributed by atoms with Crippen LogP contribution >= 0.6 is 24.0 Å². The number of benzene rings is 1. The van der Waals surface area contributed by atoms with Crippen LogP contribution in [0.4, 0.5) is 0 Å². The van der Waals surface area contributed by atoms with Gasteiger partial charge in [-0.05, 0) is 57.2 Å². The standard InChI is InChI=1S/C25H40N4O2.HI/c1-3-26-25(29-14-16-31-24(19-29)23-8-6-15-30-23)27-17-21-9-11-22(12-10-21)18-28-13-5-4-7-20(28)2;/h9-12,20,23-24H,3-8,13-19H2,1-2H3,(H,26,27);1H. The summed E-state index contributed by atoms with van der Waals surface area (Å²) in [6.45, 7) is 11.7. The Hall–Kier alpha value is -0.900. The van der Waals surface area contributed by atoms with Gasteiger partial charge in [0.15, 0.2) is 5.96 Å². The van der Waals surface area contributed by atoms with Gasteiger partial charge in [-0.2, -0.15) is 0 Å². The lowest BCUT2D eigenvalue weighted by molar-refractivity contribution is -0.0817. The molecule has 3 heterocycles. The molecule has 7 heteroatoms. The highest BCUT2D eigenvalue weighted by Gasteiger charge is 2.32. The third-order valence-corrected chi connectivity index (χ3v) is 6.87. The van der Waals surface area contributed by atoms with E-state index in [4.69, 9.17) is 14.5 Å². The summed E-state index contributed by atoms with van der Waals surface area (Å²) >= 11 is 0. The van der Waals surface area contributed by atoms with Crippen LogP contribution in [0.2, 0.25) is 0 Å². The van der Waals surface area contributed by atoms with Crippen LogP contribution in [0.5, 0.6) is 0 Å². The van der Waals surface area contributed by atoms with E-state index in [1.54, 1.807) is 0 Å². The van der Waals surface area contributed by atoms with Crippen LogP contribution in [0, 0.1) is 0 Å². The summed E-state index contributed by atoms with van der Waals surface area (Å²) in [4.78, 5) is 9.90. The first-order valence-electron chi connectivity index (χ1n) is 12.3. The van der Waals surface area contributed by atoms with Crippen molar-refractivity contribution in [3.05, 3.63) is 35.4 Å². The normalized spacial score (nSPS) is 27.2. The Morgan fingerprint density at radius 2 is 1.78 bits per heavy atom.